The zero-order chi connectivity index (χ0) is 22.2. The molecule has 2 aliphatic rings. The summed E-state index contributed by atoms with van der Waals surface area (Å²) in [5.74, 6) is -0.222. The van der Waals surface area contributed by atoms with Gasteiger partial charge in [-0.2, -0.15) is 5.10 Å². The zero-order valence-electron chi connectivity index (χ0n) is 17.4. The van der Waals surface area contributed by atoms with Gasteiger partial charge in [0.2, 0.25) is 0 Å². The van der Waals surface area contributed by atoms with E-state index >= 15 is 0 Å². The number of nitrogen functional groups attached to an aromatic ring is 1. The lowest BCUT2D eigenvalue weighted by Gasteiger charge is -2.38. The maximum absolute atomic E-state index is 13.6. The van der Waals surface area contributed by atoms with Crippen molar-refractivity contribution in [2.75, 3.05) is 42.1 Å². The summed E-state index contributed by atoms with van der Waals surface area (Å²) in [5, 5.41) is 7.35. The first-order valence-corrected chi connectivity index (χ1v) is 11.0. The van der Waals surface area contributed by atoms with Crippen molar-refractivity contribution in [2.24, 2.45) is 0 Å². The molecule has 1 amide bonds. The number of alkyl halides is 1. The smallest absolute Gasteiger partial charge is 0.261 e. The number of amides is 1. The molecular formula is C21H24ClFN8O. The van der Waals surface area contributed by atoms with Gasteiger partial charge in [0.15, 0.2) is 5.65 Å². The number of carbonyl (C=O) groups is 1. The Balaban J connectivity index is 1.31. The quantitative estimate of drug-likeness (QED) is 0.619. The molecule has 11 heteroatoms. The number of pyridine rings is 1. The summed E-state index contributed by atoms with van der Waals surface area (Å²) in [6, 6.07) is 2.31. The number of nitrogens with zero attached hydrogens (tertiary/aromatic N) is 6. The Morgan fingerprint density at radius 2 is 2.03 bits per heavy atom. The predicted octanol–water partition coefficient (Wildman–Crippen LogP) is 2.62. The molecule has 0 saturated carbocycles. The SMILES string of the molecule is Nc1nc2c(C(=O)Nc3cnccc3N3CCC(N4CCC(F)C4)CC3)cnn2cc1Cl. The van der Waals surface area contributed by atoms with Crippen LogP contribution in [0.1, 0.15) is 29.6 Å². The molecule has 2 aliphatic heterocycles. The lowest BCUT2D eigenvalue weighted by molar-refractivity contribution is 0.102. The van der Waals surface area contributed by atoms with Crippen LogP contribution in [0.2, 0.25) is 5.02 Å². The number of aromatic nitrogens is 4. The number of halogens is 2. The zero-order valence-corrected chi connectivity index (χ0v) is 18.2. The predicted molar refractivity (Wildman–Crippen MR) is 121 cm³/mol. The van der Waals surface area contributed by atoms with E-state index < -0.39 is 6.17 Å². The monoisotopic (exact) mass is 458 g/mol. The molecule has 1 unspecified atom stereocenters. The number of nitrogens with two attached hydrogens (primary N) is 1. The van der Waals surface area contributed by atoms with E-state index in [1.807, 2.05) is 6.07 Å². The van der Waals surface area contributed by atoms with Crippen LogP contribution in [0.25, 0.3) is 5.65 Å². The van der Waals surface area contributed by atoms with Crippen molar-refractivity contribution in [1.82, 2.24) is 24.5 Å². The highest BCUT2D eigenvalue weighted by atomic mass is 35.5. The molecule has 0 bridgehead atoms. The van der Waals surface area contributed by atoms with Gasteiger partial charge in [0, 0.05) is 38.4 Å². The number of carbonyl (C=O) groups excluding carboxylic acids is 1. The van der Waals surface area contributed by atoms with Gasteiger partial charge < -0.3 is 16.0 Å². The molecule has 5 heterocycles. The molecule has 168 valence electrons. The van der Waals surface area contributed by atoms with Crippen LogP contribution >= 0.6 is 11.6 Å². The van der Waals surface area contributed by atoms with Crippen LogP contribution in [-0.2, 0) is 0 Å². The first-order valence-electron chi connectivity index (χ1n) is 10.7. The van der Waals surface area contributed by atoms with Crippen LogP contribution < -0.4 is 16.0 Å². The first-order chi connectivity index (χ1) is 15.5. The molecule has 3 aromatic heterocycles. The van der Waals surface area contributed by atoms with Gasteiger partial charge in [-0.3, -0.25) is 14.7 Å². The second kappa shape index (κ2) is 8.51. The van der Waals surface area contributed by atoms with Gasteiger partial charge in [-0.1, -0.05) is 11.6 Å². The minimum absolute atomic E-state index is 0.135. The fourth-order valence-electron chi connectivity index (χ4n) is 4.56. The summed E-state index contributed by atoms with van der Waals surface area (Å²) in [6.45, 7) is 3.05. The molecule has 0 aliphatic carbocycles. The summed E-state index contributed by atoms with van der Waals surface area (Å²) in [7, 11) is 0. The number of hydrogen-bond donors (Lipinski definition) is 2. The number of anilines is 3. The Hall–Kier alpha value is -2.98. The second-order valence-corrected chi connectivity index (χ2v) is 8.65. The van der Waals surface area contributed by atoms with Gasteiger partial charge in [0.25, 0.3) is 5.91 Å². The van der Waals surface area contributed by atoms with Crippen LogP contribution in [-0.4, -0.2) is 68.8 Å². The van der Waals surface area contributed by atoms with Crippen molar-refractivity contribution in [3.63, 3.8) is 0 Å². The molecule has 1 atom stereocenters. The highest BCUT2D eigenvalue weighted by Gasteiger charge is 2.31. The lowest BCUT2D eigenvalue weighted by atomic mass is 10.0. The fourth-order valence-corrected chi connectivity index (χ4v) is 4.69. The lowest BCUT2D eigenvalue weighted by Crippen LogP contribution is -2.44. The molecule has 5 rings (SSSR count). The van der Waals surface area contributed by atoms with Crippen molar-refractivity contribution in [3.05, 3.63) is 41.4 Å². The molecule has 2 fully saturated rings. The number of fused-ring (bicyclic) bond motifs is 1. The number of likely N-dealkylation sites (tertiary alicyclic amines) is 1. The van der Waals surface area contributed by atoms with E-state index in [1.54, 1.807) is 12.4 Å². The molecule has 32 heavy (non-hydrogen) atoms. The van der Waals surface area contributed by atoms with Crippen molar-refractivity contribution in [1.29, 1.82) is 0 Å². The highest BCUT2D eigenvalue weighted by Crippen LogP contribution is 2.30. The Bertz CT molecular complexity index is 1150. The van der Waals surface area contributed by atoms with Gasteiger partial charge in [0.1, 0.15) is 22.6 Å². The Morgan fingerprint density at radius 1 is 1.22 bits per heavy atom. The molecule has 3 aromatic rings. The average Bonchev–Trinajstić information content (AvgIpc) is 3.41. The minimum Gasteiger partial charge on any atom is -0.382 e. The largest absolute Gasteiger partial charge is 0.382 e. The van der Waals surface area contributed by atoms with Crippen LogP contribution in [0.3, 0.4) is 0 Å². The summed E-state index contributed by atoms with van der Waals surface area (Å²) in [5.41, 5.74) is 7.93. The summed E-state index contributed by atoms with van der Waals surface area (Å²) < 4.78 is 15.0. The van der Waals surface area contributed by atoms with Crippen LogP contribution in [0.5, 0.6) is 0 Å². The van der Waals surface area contributed by atoms with Gasteiger partial charge in [0.05, 0.1) is 30.0 Å². The van der Waals surface area contributed by atoms with E-state index in [-0.39, 0.29) is 22.3 Å². The molecule has 9 nitrogen and oxygen atoms in total. The molecule has 0 radical (unpaired) electrons. The van der Waals surface area contributed by atoms with E-state index in [2.05, 4.69) is 30.2 Å². The minimum atomic E-state index is -0.698. The maximum Gasteiger partial charge on any atom is 0.261 e. The first kappa shape index (κ1) is 20.9. The van der Waals surface area contributed by atoms with Gasteiger partial charge in [-0.15, -0.1) is 0 Å². The molecule has 0 spiro atoms. The molecule has 3 N–H and O–H groups in total. The number of nitrogens with one attached hydrogen (secondary N) is 1. The van der Waals surface area contributed by atoms with Crippen molar-refractivity contribution >= 4 is 40.3 Å². The average molecular weight is 459 g/mol. The third-order valence-corrected chi connectivity index (χ3v) is 6.54. The van der Waals surface area contributed by atoms with Gasteiger partial charge >= 0.3 is 0 Å². The molecule has 0 aromatic carbocycles. The van der Waals surface area contributed by atoms with E-state index in [0.29, 0.717) is 30.3 Å². The van der Waals surface area contributed by atoms with Crippen LogP contribution in [0.15, 0.2) is 30.9 Å². The third-order valence-electron chi connectivity index (χ3n) is 6.25. The Kier molecular flexibility index (Phi) is 5.56. The van der Waals surface area contributed by atoms with E-state index in [0.717, 1.165) is 38.2 Å². The fraction of sp³-hybridized carbons (Fsp3) is 0.429. The van der Waals surface area contributed by atoms with Crippen molar-refractivity contribution < 1.29 is 9.18 Å². The summed E-state index contributed by atoms with van der Waals surface area (Å²) in [6.07, 6.45) is 8.15. The molecular weight excluding hydrogens is 435 g/mol. The second-order valence-electron chi connectivity index (χ2n) is 8.25. The van der Waals surface area contributed by atoms with Crippen molar-refractivity contribution in [3.8, 4) is 0 Å². The van der Waals surface area contributed by atoms with Crippen LogP contribution in [0, 0.1) is 0 Å². The normalized spacial score (nSPS) is 20.2. The number of piperidine rings is 1. The molecule has 2 saturated heterocycles. The number of rotatable bonds is 4. The maximum atomic E-state index is 13.6. The van der Waals surface area contributed by atoms with E-state index in [9.17, 15) is 9.18 Å². The van der Waals surface area contributed by atoms with Gasteiger partial charge in [-0.05, 0) is 25.3 Å². The summed E-state index contributed by atoms with van der Waals surface area (Å²) >= 11 is 5.99. The topological polar surface area (TPSA) is 105 Å². The van der Waals surface area contributed by atoms with E-state index in [1.165, 1.54) is 16.9 Å². The van der Waals surface area contributed by atoms with E-state index in [4.69, 9.17) is 17.3 Å². The Labute approximate surface area is 189 Å². The number of hydrogen-bond acceptors (Lipinski definition) is 7. The van der Waals surface area contributed by atoms with Gasteiger partial charge in [-0.25, -0.2) is 13.9 Å². The summed E-state index contributed by atoms with van der Waals surface area (Å²) in [4.78, 5) is 25.9. The van der Waals surface area contributed by atoms with Crippen molar-refractivity contribution in [2.45, 2.75) is 31.5 Å². The highest BCUT2D eigenvalue weighted by molar-refractivity contribution is 6.32. The third kappa shape index (κ3) is 3.95. The van der Waals surface area contributed by atoms with Crippen LogP contribution in [0.4, 0.5) is 21.6 Å². The standard InChI is InChI=1S/C21H24ClFN8O/c22-16-12-31-20(28-19(16)24)15(9-26-31)21(32)27-17-10-25-5-1-18(17)29-7-3-14(4-8-29)30-6-2-13(23)11-30/h1,5,9-10,12-14H,2-4,6-8,11H2,(H2,24,28)(H,27,32). The Morgan fingerprint density at radius 3 is 2.78 bits per heavy atom.